The zero-order valence-electron chi connectivity index (χ0n) is 15.7. The second-order valence-electron chi connectivity index (χ2n) is 7.39. The molecule has 23 heavy (non-hydrogen) atoms. The first-order valence-corrected chi connectivity index (χ1v) is 9.06. The van der Waals surface area contributed by atoms with Gasteiger partial charge >= 0.3 is 6.09 Å². The van der Waals surface area contributed by atoms with E-state index in [2.05, 4.69) is 19.0 Å². The molecule has 5 nitrogen and oxygen atoms in total. The fraction of sp³-hybridized carbons (Fsp3) is 0.944. The minimum Gasteiger partial charge on any atom is -0.449 e. The standard InChI is InChI=1S/C18H36N2O3/c1-15(2)14-23-18(21)20(5)16-8-10-17(11-9-16)22-13-7-6-12-19(3)4/h15-17H,6-14H2,1-5H3/t16-,17-. The van der Waals surface area contributed by atoms with E-state index in [1.54, 1.807) is 4.90 Å². The van der Waals surface area contributed by atoms with Gasteiger partial charge in [0.25, 0.3) is 0 Å². The average Bonchev–Trinajstić information content (AvgIpc) is 2.51. The molecule has 0 aromatic carbocycles. The normalized spacial score (nSPS) is 21.7. The Morgan fingerprint density at radius 1 is 1.09 bits per heavy atom. The van der Waals surface area contributed by atoms with Crippen molar-refractivity contribution in [2.24, 2.45) is 5.92 Å². The molecule has 1 amide bonds. The largest absolute Gasteiger partial charge is 0.449 e. The van der Waals surface area contributed by atoms with Crippen LogP contribution in [0.25, 0.3) is 0 Å². The average molecular weight is 328 g/mol. The van der Waals surface area contributed by atoms with Crippen molar-refractivity contribution >= 4 is 6.09 Å². The van der Waals surface area contributed by atoms with Crippen LogP contribution in [0.3, 0.4) is 0 Å². The first-order valence-electron chi connectivity index (χ1n) is 9.06. The minimum atomic E-state index is -0.188. The Morgan fingerprint density at radius 3 is 2.30 bits per heavy atom. The highest BCUT2D eigenvalue weighted by Crippen LogP contribution is 2.25. The van der Waals surface area contributed by atoms with E-state index < -0.39 is 0 Å². The molecule has 0 aromatic heterocycles. The lowest BCUT2D eigenvalue weighted by atomic mass is 9.92. The maximum absolute atomic E-state index is 12.0. The van der Waals surface area contributed by atoms with Crippen LogP contribution in [0.2, 0.25) is 0 Å². The molecule has 0 heterocycles. The summed E-state index contributed by atoms with van der Waals surface area (Å²) in [6, 6.07) is 0.295. The topological polar surface area (TPSA) is 42.0 Å². The summed E-state index contributed by atoms with van der Waals surface area (Å²) in [5, 5.41) is 0. The van der Waals surface area contributed by atoms with E-state index in [0.717, 1.165) is 45.3 Å². The van der Waals surface area contributed by atoms with Crippen molar-refractivity contribution in [3.8, 4) is 0 Å². The molecule has 1 rings (SSSR count). The maximum atomic E-state index is 12.0. The van der Waals surface area contributed by atoms with Crippen molar-refractivity contribution in [1.82, 2.24) is 9.80 Å². The van der Waals surface area contributed by atoms with Gasteiger partial charge in [-0.2, -0.15) is 0 Å². The number of hydrogen-bond donors (Lipinski definition) is 0. The summed E-state index contributed by atoms with van der Waals surface area (Å²) in [6.07, 6.45) is 6.59. The predicted molar refractivity (Wildman–Crippen MR) is 93.7 cm³/mol. The first-order chi connectivity index (χ1) is 10.9. The van der Waals surface area contributed by atoms with Gasteiger partial charge in [-0.05, 0) is 65.1 Å². The Morgan fingerprint density at radius 2 is 1.74 bits per heavy atom. The molecule has 0 atom stereocenters. The molecular weight excluding hydrogens is 292 g/mol. The number of carbonyl (C=O) groups is 1. The number of carbonyl (C=O) groups excluding carboxylic acids is 1. The van der Waals surface area contributed by atoms with Crippen LogP contribution >= 0.6 is 0 Å². The summed E-state index contributed by atoms with van der Waals surface area (Å²) < 4.78 is 11.3. The van der Waals surface area contributed by atoms with Gasteiger partial charge in [-0.15, -0.1) is 0 Å². The van der Waals surface area contributed by atoms with E-state index in [-0.39, 0.29) is 6.09 Å². The smallest absolute Gasteiger partial charge is 0.409 e. The molecule has 5 heteroatoms. The molecule has 0 radical (unpaired) electrons. The van der Waals surface area contributed by atoms with Crippen LogP contribution < -0.4 is 0 Å². The van der Waals surface area contributed by atoms with Crippen LogP contribution in [0.15, 0.2) is 0 Å². The van der Waals surface area contributed by atoms with Crippen molar-refractivity contribution in [3.63, 3.8) is 0 Å². The SMILES string of the molecule is CC(C)COC(=O)N(C)[C@H]1CC[C@H](OCCCCN(C)C)CC1. The number of rotatable bonds is 9. The molecule has 136 valence electrons. The lowest BCUT2D eigenvalue weighted by Crippen LogP contribution is -2.41. The zero-order valence-corrected chi connectivity index (χ0v) is 15.7. The summed E-state index contributed by atoms with van der Waals surface area (Å²) in [5.74, 6) is 0.379. The Hall–Kier alpha value is -0.810. The number of unbranched alkanes of at least 4 members (excludes halogenated alkanes) is 1. The molecule has 0 unspecified atom stereocenters. The van der Waals surface area contributed by atoms with E-state index in [0.29, 0.717) is 24.7 Å². The quantitative estimate of drug-likeness (QED) is 0.609. The van der Waals surface area contributed by atoms with Gasteiger partial charge in [0.1, 0.15) is 0 Å². The van der Waals surface area contributed by atoms with Gasteiger partial charge in [0.15, 0.2) is 0 Å². The lowest BCUT2D eigenvalue weighted by Gasteiger charge is -2.34. The third-order valence-electron chi connectivity index (χ3n) is 4.37. The molecule has 0 saturated heterocycles. The summed E-state index contributed by atoms with van der Waals surface area (Å²) >= 11 is 0. The summed E-state index contributed by atoms with van der Waals surface area (Å²) in [7, 11) is 6.06. The van der Waals surface area contributed by atoms with Gasteiger partial charge in [-0.25, -0.2) is 4.79 Å². The van der Waals surface area contributed by atoms with Crippen molar-refractivity contribution in [2.75, 3.05) is 40.9 Å². The number of nitrogens with zero attached hydrogens (tertiary/aromatic N) is 2. The van der Waals surface area contributed by atoms with Gasteiger partial charge in [0, 0.05) is 19.7 Å². The predicted octanol–water partition coefficient (Wildman–Crippen LogP) is 3.38. The zero-order chi connectivity index (χ0) is 17.2. The lowest BCUT2D eigenvalue weighted by molar-refractivity contribution is 0.00659. The van der Waals surface area contributed by atoms with Crippen molar-refractivity contribution in [1.29, 1.82) is 0 Å². The van der Waals surface area contributed by atoms with Gasteiger partial charge in [0.2, 0.25) is 0 Å². The van der Waals surface area contributed by atoms with E-state index >= 15 is 0 Å². The van der Waals surface area contributed by atoms with Crippen LogP contribution in [0.4, 0.5) is 4.79 Å². The Balaban J connectivity index is 2.15. The second kappa shape index (κ2) is 10.9. The van der Waals surface area contributed by atoms with E-state index in [4.69, 9.17) is 9.47 Å². The molecule has 0 aromatic rings. The molecule has 1 saturated carbocycles. The minimum absolute atomic E-state index is 0.188. The third-order valence-corrected chi connectivity index (χ3v) is 4.37. The number of ether oxygens (including phenoxy) is 2. The molecule has 0 N–H and O–H groups in total. The van der Waals surface area contributed by atoms with Crippen LogP contribution in [-0.4, -0.2) is 68.9 Å². The van der Waals surface area contributed by atoms with E-state index in [9.17, 15) is 4.79 Å². The van der Waals surface area contributed by atoms with Crippen molar-refractivity contribution in [2.45, 2.75) is 64.5 Å². The molecule has 1 aliphatic rings. The number of hydrogen-bond acceptors (Lipinski definition) is 4. The van der Waals surface area contributed by atoms with Crippen LogP contribution in [0, 0.1) is 5.92 Å². The van der Waals surface area contributed by atoms with Gasteiger partial charge in [0.05, 0.1) is 12.7 Å². The molecule has 1 aliphatic carbocycles. The van der Waals surface area contributed by atoms with Crippen molar-refractivity contribution < 1.29 is 14.3 Å². The summed E-state index contributed by atoms with van der Waals surface area (Å²) in [6.45, 7) is 6.58. The maximum Gasteiger partial charge on any atom is 0.409 e. The van der Waals surface area contributed by atoms with E-state index in [1.807, 2.05) is 20.9 Å². The molecule has 0 aliphatic heterocycles. The van der Waals surface area contributed by atoms with Crippen LogP contribution in [-0.2, 0) is 9.47 Å². The summed E-state index contributed by atoms with van der Waals surface area (Å²) in [4.78, 5) is 16.0. The monoisotopic (exact) mass is 328 g/mol. The molecular formula is C18H36N2O3. The highest BCUT2D eigenvalue weighted by Gasteiger charge is 2.27. The number of amides is 1. The molecule has 0 spiro atoms. The Kier molecular flexibility index (Phi) is 9.56. The third kappa shape index (κ3) is 8.56. The highest BCUT2D eigenvalue weighted by molar-refractivity contribution is 5.67. The van der Waals surface area contributed by atoms with Gasteiger partial charge in [-0.1, -0.05) is 13.8 Å². The highest BCUT2D eigenvalue weighted by atomic mass is 16.6. The first kappa shape index (κ1) is 20.2. The van der Waals surface area contributed by atoms with E-state index in [1.165, 1.54) is 6.42 Å². The van der Waals surface area contributed by atoms with Gasteiger partial charge < -0.3 is 19.3 Å². The second-order valence-corrected chi connectivity index (χ2v) is 7.39. The Labute approximate surface area is 142 Å². The Bertz CT molecular complexity index is 326. The van der Waals surface area contributed by atoms with Crippen LogP contribution in [0.1, 0.15) is 52.4 Å². The van der Waals surface area contributed by atoms with Gasteiger partial charge in [-0.3, -0.25) is 0 Å². The molecule has 1 fully saturated rings. The van der Waals surface area contributed by atoms with Crippen molar-refractivity contribution in [3.05, 3.63) is 0 Å². The fourth-order valence-corrected chi connectivity index (χ4v) is 2.87. The van der Waals surface area contributed by atoms with Crippen LogP contribution in [0.5, 0.6) is 0 Å². The fourth-order valence-electron chi connectivity index (χ4n) is 2.87. The summed E-state index contributed by atoms with van der Waals surface area (Å²) in [5.41, 5.74) is 0. The molecule has 0 bridgehead atoms.